The van der Waals surface area contributed by atoms with Crippen molar-refractivity contribution in [1.29, 1.82) is 0 Å². The summed E-state index contributed by atoms with van der Waals surface area (Å²) in [6.07, 6.45) is 1.83. The second-order valence-corrected chi connectivity index (χ2v) is 5.76. The Hall–Kier alpha value is -2.08. The molecule has 0 saturated heterocycles. The topological polar surface area (TPSA) is 71.1 Å². The first kappa shape index (κ1) is 20.0. The molecular weight excluding hydrogens is 312 g/mol. The van der Waals surface area contributed by atoms with E-state index in [9.17, 15) is 9.59 Å². The van der Waals surface area contributed by atoms with Crippen molar-refractivity contribution in [2.24, 2.45) is 5.92 Å². The molecule has 0 atom stereocenters. The Morgan fingerprint density at radius 2 is 1.62 bits per heavy atom. The minimum absolute atomic E-state index is 0.145. The molecule has 0 N–H and O–H groups in total. The predicted molar refractivity (Wildman–Crippen MR) is 88.6 cm³/mol. The molecular formula is C18H26O6. The molecule has 0 unspecified atom stereocenters. The summed E-state index contributed by atoms with van der Waals surface area (Å²) in [4.78, 5) is 22.9. The Bertz CT molecular complexity index is 495. The summed E-state index contributed by atoms with van der Waals surface area (Å²) in [5.74, 6) is 0.320. The first-order chi connectivity index (χ1) is 11.5. The van der Waals surface area contributed by atoms with Gasteiger partial charge in [-0.2, -0.15) is 0 Å². The number of carbonyl (C=O) groups is 2. The van der Waals surface area contributed by atoms with Gasteiger partial charge in [0.15, 0.2) is 0 Å². The van der Waals surface area contributed by atoms with Crippen LogP contribution >= 0.6 is 0 Å². The van der Waals surface area contributed by atoms with Crippen LogP contribution in [0.1, 0.15) is 32.3 Å². The molecule has 0 saturated carbocycles. The molecule has 24 heavy (non-hydrogen) atoms. The lowest BCUT2D eigenvalue weighted by Crippen LogP contribution is -2.19. The molecule has 0 fully saturated rings. The van der Waals surface area contributed by atoms with Crippen molar-refractivity contribution in [2.75, 3.05) is 26.9 Å². The highest BCUT2D eigenvalue weighted by Crippen LogP contribution is 2.11. The third-order valence-electron chi connectivity index (χ3n) is 3.19. The fourth-order valence-electron chi connectivity index (χ4n) is 1.86. The van der Waals surface area contributed by atoms with Gasteiger partial charge in [-0.15, -0.1) is 0 Å². The van der Waals surface area contributed by atoms with Gasteiger partial charge in [0.05, 0.1) is 13.7 Å². The van der Waals surface area contributed by atoms with Gasteiger partial charge in [0.2, 0.25) is 0 Å². The van der Waals surface area contributed by atoms with Crippen LogP contribution in [0.15, 0.2) is 24.3 Å². The highest BCUT2D eigenvalue weighted by Gasteiger charge is 2.08. The van der Waals surface area contributed by atoms with Crippen molar-refractivity contribution in [2.45, 2.75) is 33.3 Å². The Labute approximate surface area is 143 Å². The van der Waals surface area contributed by atoms with Crippen LogP contribution < -0.4 is 4.74 Å². The summed E-state index contributed by atoms with van der Waals surface area (Å²) in [6.45, 7) is 4.22. The second-order valence-electron chi connectivity index (χ2n) is 5.76. The van der Waals surface area contributed by atoms with Crippen LogP contribution in [-0.4, -0.2) is 38.9 Å². The lowest BCUT2D eigenvalue weighted by molar-refractivity contribution is -0.156. The third kappa shape index (κ3) is 9.15. The summed E-state index contributed by atoms with van der Waals surface area (Å²) in [7, 11) is 1.59. The summed E-state index contributed by atoms with van der Waals surface area (Å²) < 4.78 is 20.1. The van der Waals surface area contributed by atoms with Gasteiger partial charge in [-0.3, -0.25) is 0 Å². The van der Waals surface area contributed by atoms with E-state index < -0.39 is 11.9 Å². The number of methoxy groups -OCH3 is 1. The number of esters is 2. The van der Waals surface area contributed by atoms with Crippen LogP contribution in [0, 0.1) is 5.92 Å². The van der Waals surface area contributed by atoms with Crippen molar-refractivity contribution >= 4 is 11.9 Å². The Morgan fingerprint density at radius 3 is 2.21 bits per heavy atom. The average molecular weight is 338 g/mol. The molecule has 6 nitrogen and oxygen atoms in total. The second kappa shape index (κ2) is 11.5. The molecule has 0 aliphatic rings. The zero-order valence-corrected chi connectivity index (χ0v) is 14.6. The molecule has 0 aliphatic heterocycles. The number of hydrogen-bond donors (Lipinski definition) is 0. The molecule has 1 aromatic rings. The Morgan fingerprint density at radius 1 is 1.00 bits per heavy atom. The van der Waals surface area contributed by atoms with Crippen LogP contribution in [-0.2, 0) is 30.4 Å². The number of hydrogen-bond acceptors (Lipinski definition) is 6. The zero-order valence-electron chi connectivity index (χ0n) is 14.6. The smallest absolute Gasteiger partial charge is 0.332 e. The highest BCUT2D eigenvalue weighted by atomic mass is 16.6. The normalized spacial score (nSPS) is 10.5. The molecule has 0 radical (unpaired) electrons. The van der Waals surface area contributed by atoms with Crippen LogP contribution in [0.25, 0.3) is 0 Å². The fourth-order valence-corrected chi connectivity index (χ4v) is 1.86. The molecule has 0 aromatic heterocycles. The minimum Gasteiger partial charge on any atom is -0.497 e. The summed E-state index contributed by atoms with van der Waals surface area (Å²) in [5, 5.41) is 0. The van der Waals surface area contributed by atoms with Gasteiger partial charge in [-0.1, -0.05) is 26.0 Å². The molecule has 1 rings (SSSR count). The molecule has 1 aromatic carbocycles. The minimum atomic E-state index is -0.529. The molecule has 0 aliphatic carbocycles. The van der Waals surface area contributed by atoms with Gasteiger partial charge in [0.1, 0.15) is 25.6 Å². The van der Waals surface area contributed by atoms with Crippen molar-refractivity contribution in [1.82, 2.24) is 0 Å². The zero-order chi connectivity index (χ0) is 17.8. The largest absolute Gasteiger partial charge is 0.497 e. The molecule has 134 valence electrons. The van der Waals surface area contributed by atoms with E-state index in [2.05, 4.69) is 13.8 Å². The van der Waals surface area contributed by atoms with Crippen LogP contribution in [0.2, 0.25) is 0 Å². The van der Waals surface area contributed by atoms with E-state index in [4.69, 9.17) is 18.9 Å². The summed E-state index contributed by atoms with van der Waals surface area (Å²) in [5.41, 5.74) is 0.841. The van der Waals surface area contributed by atoms with Gasteiger partial charge in [0, 0.05) is 0 Å². The van der Waals surface area contributed by atoms with E-state index >= 15 is 0 Å². The van der Waals surface area contributed by atoms with Crippen molar-refractivity contribution in [3.63, 3.8) is 0 Å². The van der Waals surface area contributed by atoms with E-state index in [-0.39, 0.29) is 19.8 Å². The van der Waals surface area contributed by atoms with Crippen LogP contribution in [0.5, 0.6) is 5.75 Å². The van der Waals surface area contributed by atoms with E-state index in [1.807, 2.05) is 12.1 Å². The van der Waals surface area contributed by atoms with Gasteiger partial charge in [-0.05, 0) is 36.5 Å². The monoisotopic (exact) mass is 338 g/mol. The number of carbonyl (C=O) groups excluding carboxylic acids is 2. The van der Waals surface area contributed by atoms with Crippen LogP contribution in [0.4, 0.5) is 0 Å². The van der Waals surface area contributed by atoms with Crippen molar-refractivity contribution in [3.8, 4) is 5.75 Å². The van der Waals surface area contributed by atoms with Gasteiger partial charge in [-0.25, -0.2) is 9.59 Å². The maximum Gasteiger partial charge on any atom is 0.332 e. The van der Waals surface area contributed by atoms with E-state index in [0.29, 0.717) is 12.5 Å². The Balaban J connectivity index is 2.09. The first-order valence-electron chi connectivity index (χ1n) is 8.03. The molecule has 0 spiro atoms. The Kier molecular flexibility index (Phi) is 9.53. The molecule has 0 heterocycles. The predicted octanol–water partition coefficient (Wildman–Crippen LogP) is 2.73. The maximum absolute atomic E-state index is 11.5. The average Bonchev–Trinajstić information content (AvgIpc) is 2.57. The lowest BCUT2D eigenvalue weighted by Gasteiger charge is -2.08. The highest BCUT2D eigenvalue weighted by molar-refractivity contribution is 5.73. The first-order valence-corrected chi connectivity index (χ1v) is 8.03. The lowest BCUT2D eigenvalue weighted by atomic mass is 10.1. The molecule has 6 heteroatoms. The number of rotatable bonds is 11. The summed E-state index contributed by atoms with van der Waals surface area (Å²) >= 11 is 0. The quantitative estimate of drug-likeness (QED) is 0.456. The van der Waals surface area contributed by atoms with E-state index in [1.54, 1.807) is 19.2 Å². The van der Waals surface area contributed by atoms with E-state index in [1.165, 1.54) is 0 Å². The SMILES string of the molecule is COc1ccc(COC(=O)COCC(=O)OCCCC(C)C)cc1. The van der Waals surface area contributed by atoms with Gasteiger partial charge in [0.25, 0.3) is 0 Å². The van der Waals surface area contributed by atoms with Gasteiger partial charge < -0.3 is 18.9 Å². The van der Waals surface area contributed by atoms with Crippen LogP contribution in [0.3, 0.4) is 0 Å². The number of benzene rings is 1. The van der Waals surface area contributed by atoms with Crippen molar-refractivity contribution < 1.29 is 28.5 Å². The van der Waals surface area contributed by atoms with Gasteiger partial charge >= 0.3 is 11.9 Å². The third-order valence-corrected chi connectivity index (χ3v) is 3.19. The number of ether oxygens (including phenoxy) is 4. The molecule has 0 amide bonds. The summed E-state index contributed by atoms with van der Waals surface area (Å²) in [6, 6.07) is 7.19. The maximum atomic E-state index is 11.5. The standard InChI is InChI=1S/C18H26O6/c1-14(2)5-4-10-23-17(19)12-22-13-18(20)24-11-15-6-8-16(21-3)9-7-15/h6-9,14H,4-5,10-13H2,1-3H3. The van der Waals surface area contributed by atoms with Crippen molar-refractivity contribution in [3.05, 3.63) is 29.8 Å². The molecule has 0 bridgehead atoms. The fraction of sp³-hybridized carbons (Fsp3) is 0.556. The van der Waals surface area contributed by atoms with E-state index in [0.717, 1.165) is 24.2 Å².